The van der Waals surface area contributed by atoms with E-state index in [4.69, 9.17) is 4.52 Å². The monoisotopic (exact) mass is 230 g/mol. The smallest absolute Gasteiger partial charge is 0.263 e. The lowest BCUT2D eigenvalue weighted by Gasteiger charge is -1.89. The molecule has 0 amide bonds. The molecule has 84 valence electrons. The normalized spacial score (nSPS) is 10.6. The molecule has 0 saturated heterocycles. The van der Waals surface area contributed by atoms with Crippen LogP contribution in [0.4, 0.5) is 0 Å². The van der Waals surface area contributed by atoms with E-state index in [0.29, 0.717) is 11.4 Å². The van der Waals surface area contributed by atoms with Gasteiger partial charge < -0.3 is 9.51 Å². The molecule has 8 nitrogen and oxygen atoms in total. The van der Waals surface area contributed by atoms with E-state index in [2.05, 4.69) is 30.3 Å². The highest BCUT2D eigenvalue weighted by atomic mass is 16.5. The van der Waals surface area contributed by atoms with Gasteiger partial charge in [0.2, 0.25) is 5.82 Å². The summed E-state index contributed by atoms with van der Waals surface area (Å²) in [6.45, 7) is 0. The first kappa shape index (κ1) is 9.46. The zero-order valence-electron chi connectivity index (χ0n) is 8.41. The minimum Gasteiger partial charge on any atom is -0.367 e. The van der Waals surface area contributed by atoms with Crippen molar-refractivity contribution < 1.29 is 4.52 Å². The minimum atomic E-state index is -0.198. The number of nitrogens with zero attached hydrogens (tertiary/aromatic N) is 4. The largest absolute Gasteiger partial charge is 0.367 e. The Bertz CT molecular complexity index is 683. The molecule has 3 aromatic heterocycles. The van der Waals surface area contributed by atoms with E-state index in [-0.39, 0.29) is 17.1 Å². The minimum absolute atomic E-state index is 0.137. The van der Waals surface area contributed by atoms with E-state index >= 15 is 0 Å². The summed E-state index contributed by atoms with van der Waals surface area (Å²) < 4.78 is 4.99. The second-order valence-electron chi connectivity index (χ2n) is 3.18. The van der Waals surface area contributed by atoms with Crippen LogP contribution in [0.1, 0.15) is 0 Å². The van der Waals surface area contributed by atoms with E-state index in [9.17, 15) is 4.79 Å². The summed E-state index contributed by atoms with van der Waals surface area (Å²) in [6, 6.07) is 1.38. The van der Waals surface area contributed by atoms with Gasteiger partial charge in [-0.05, 0) is 0 Å². The zero-order valence-corrected chi connectivity index (χ0v) is 8.41. The van der Waals surface area contributed by atoms with Gasteiger partial charge in [0.1, 0.15) is 11.9 Å². The molecule has 0 spiro atoms. The maximum atomic E-state index is 11.5. The van der Waals surface area contributed by atoms with Crippen molar-refractivity contribution in [1.82, 2.24) is 30.3 Å². The molecule has 0 atom stereocenters. The zero-order chi connectivity index (χ0) is 11.7. The molecule has 3 heterocycles. The molecule has 17 heavy (non-hydrogen) atoms. The molecule has 0 aliphatic heterocycles. The molecule has 0 saturated carbocycles. The maximum Gasteiger partial charge on any atom is 0.263 e. The maximum absolute atomic E-state index is 11.5. The Morgan fingerprint density at radius 3 is 3.06 bits per heavy atom. The van der Waals surface area contributed by atoms with E-state index in [1.54, 1.807) is 0 Å². The van der Waals surface area contributed by atoms with Gasteiger partial charge in [-0.2, -0.15) is 10.1 Å². The number of hydrogen-bond acceptors (Lipinski definition) is 6. The molecule has 0 radical (unpaired) electrons. The van der Waals surface area contributed by atoms with Crippen LogP contribution in [-0.2, 0) is 0 Å². The van der Waals surface area contributed by atoms with Crippen molar-refractivity contribution in [3.63, 3.8) is 0 Å². The first-order chi connectivity index (χ1) is 8.34. The van der Waals surface area contributed by atoms with Crippen LogP contribution in [0.5, 0.6) is 0 Å². The first-order valence-corrected chi connectivity index (χ1v) is 4.71. The Balaban J connectivity index is 2.07. The lowest BCUT2D eigenvalue weighted by Crippen LogP contribution is -2.02. The lowest BCUT2D eigenvalue weighted by atomic mass is 10.3. The summed E-state index contributed by atoms with van der Waals surface area (Å²) in [5.41, 5.74) is 0.113. The molecule has 0 aliphatic rings. The van der Waals surface area contributed by atoms with Crippen molar-refractivity contribution in [1.29, 1.82) is 0 Å². The number of rotatable bonds is 2. The van der Waals surface area contributed by atoms with Crippen LogP contribution in [0, 0.1) is 0 Å². The topological polar surface area (TPSA) is 113 Å². The van der Waals surface area contributed by atoms with Gasteiger partial charge in [0.25, 0.3) is 5.89 Å². The molecular formula is C9H6N6O2. The Morgan fingerprint density at radius 1 is 1.35 bits per heavy atom. The van der Waals surface area contributed by atoms with Gasteiger partial charge in [-0.15, -0.1) is 0 Å². The number of hydrogen-bond donors (Lipinski definition) is 2. The highest BCUT2D eigenvalue weighted by molar-refractivity contribution is 5.53. The molecule has 3 aromatic rings. The van der Waals surface area contributed by atoms with Gasteiger partial charge in [-0.1, -0.05) is 5.16 Å². The van der Waals surface area contributed by atoms with Crippen molar-refractivity contribution in [3.8, 4) is 23.1 Å². The Hall–Kier alpha value is -2.77. The number of nitrogens with one attached hydrogen (secondary N) is 2. The molecule has 0 unspecified atom stereocenters. The Morgan fingerprint density at radius 2 is 2.29 bits per heavy atom. The summed E-state index contributed by atoms with van der Waals surface area (Å²) in [6.07, 6.45) is 4.36. The standard InChI is InChI=1S/C9H6N6O2/c16-6-1-2-10-3-5(6)9-13-8(15-17-9)7-11-4-12-14-7/h1-4H,(H,10,16)(H,11,12,14). The van der Waals surface area contributed by atoms with Crippen molar-refractivity contribution in [2.24, 2.45) is 0 Å². The molecule has 3 rings (SSSR count). The average molecular weight is 230 g/mol. The first-order valence-electron chi connectivity index (χ1n) is 4.71. The fourth-order valence-electron chi connectivity index (χ4n) is 1.33. The van der Waals surface area contributed by atoms with Crippen LogP contribution in [0.2, 0.25) is 0 Å². The number of aromatic amines is 2. The van der Waals surface area contributed by atoms with E-state index in [1.807, 2.05) is 0 Å². The quantitative estimate of drug-likeness (QED) is 0.650. The number of aromatic nitrogens is 6. The van der Waals surface area contributed by atoms with Crippen LogP contribution in [0.3, 0.4) is 0 Å². The van der Waals surface area contributed by atoms with Gasteiger partial charge in [0, 0.05) is 18.5 Å². The van der Waals surface area contributed by atoms with Crippen LogP contribution >= 0.6 is 0 Å². The summed E-state index contributed by atoms with van der Waals surface area (Å²) in [7, 11) is 0. The molecule has 8 heteroatoms. The van der Waals surface area contributed by atoms with Gasteiger partial charge in [0.15, 0.2) is 11.3 Å². The lowest BCUT2D eigenvalue weighted by molar-refractivity contribution is 0.431. The van der Waals surface area contributed by atoms with Crippen molar-refractivity contribution >= 4 is 0 Å². The van der Waals surface area contributed by atoms with Crippen LogP contribution in [-0.4, -0.2) is 30.3 Å². The van der Waals surface area contributed by atoms with Gasteiger partial charge in [0.05, 0.1) is 0 Å². The van der Waals surface area contributed by atoms with Crippen LogP contribution < -0.4 is 5.43 Å². The third-order valence-corrected chi connectivity index (χ3v) is 2.11. The molecular weight excluding hydrogens is 224 g/mol. The molecule has 0 aromatic carbocycles. The van der Waals surface area contributed by atoms with Gasteiger partial charge >= 0.3 is 0 Å². The second kappa shape index (κ2) is 3.67. The van der Waals surface area contributed by atoms with Crippen LogP contribution in [0.15, 0.2) is 34.1 Å². The summed E-state index contributed by atoms with van der Waals surface area (Å²) in [5, 5.41) is 9.98. The molecule has 0 aliphatic carbocycles. The van der Waals surface area contributed by atoms with Crippen molar-refractivity contribution in [3.05, 3.63) is 35.0 Å². The fraction of sp³-hybridized carbons (Fsp3) is 0. The third kappa shape index (κ3) is 1.61. The molecule has 0 bridgehead atoms. The summed E-state index contributed by atoms with van der Waals surface area (Å²) in [4.78, 5) is 22.2. The highest BCUT2D eigenvalue weighted by Gasteiger charge is 2.14. The van der Waals surface area contributed by atoms with E-state index in [0.717, 1.165) is 0 Å². The van der Waals surface area contributed by atoms with Crippen LogP contribution in [0.25, 0.3) is 23.1 Å². The number of pyridine rings is 1. The predicted octanol–water partition coefficient (Wildman–Crippen LogP) is 0.210. The SMILES string of the molecule is O=c1cc[nH]cc1-c1nc(-c2ncn[nH]2)no1. The van der Waals surface area contributed by atoms with E-state index < -0.39 is 0 Å². The third-order valence-electron chi connectivity index (χ3n) is 2.11. The van der Waals surface area contributed by atoms with Gasteiger partial charge in [-0.25, -0.2) is 4.98 Å². The summed E-state index contributed by atoms with van der Waals surface area (Å²) >= 11 is 0. The Kier molecular flexibility index (Phi) is 2.04. The Labute approximate surface area is 93.7 Å². The van der Waals surface area contributed by atoms with E-state index in [1.165, 1.54) is 24.8 Å². The molecule has 0 fully saturated rings. The van der Waals surface area contributed by atoms with Gasteiger partial charge in [-0.3, -0.25) is 9.89 Å². The fourth-order valence-corrected chi connectivity index (χ4v) is 1.33. The number of H-pyrrole nitrogens is 2. The summed E-state index contributed by atoms with van der Waals surface area (Å²) in [5.74, 6) is 0.770. The predicted molar refractivity (Wildman–Crippen MR) is 55.7 cm³/mol. The van der Waals surface area contributed by atoms with Crippen molar-refractivity contribution in [2.45, 2.75) is 0 Å². The molecule has 2 N–H and O–H groups in total. The average Bonchev–Trinajstić information content (AvgIpc) is 3.00. The second-order valence-corrected chi connectivity index (χ2v) is 3.18. The highest BCUT2D eigenvalue weighted by Crippen LogP contribution is 2.15. The van der Waals surface area contributed by atoms with Crippen molar-refractivity contribution in [2.75, 3.05) is 0 Å².